The lowest BCUT2D eigenvalue weighted by Gasteiger charge is -2.40. The van der Waals surface area contributed by atoms with Crippen molar-refractivity contribution in [3.63, 3.8) is 0 Å². The molecule has 0 aromatic carbocycles. The molecule has 0 bridgehead atoms. The average molecular weight is 253 g/mol. The predicted molar refractivity (Wildman–Crippen MR) is 69.3 cm³/mol. The maximum atomic E-state index is 11.8. The molecule has 0 unspecified atom stereocenters. The second-order valence-corrected chi connectivity index (χ2v) is 5.10. The minimum absolute atomic E-state index is 0.140. The average Bonchev–Trinajstić information content (AvgIpc) is 2.46. The first-order chi connectivity index (χ1) is 8.81. The van der Waals surface area contributed by atoms with Crippen LogP contribution in [0.25, 0.3) is 0 Å². The van der Waals surface area contributed by atoms with Crippen molar-refractivity contribution in [2.75, 3.05) is 39.3 Å². The maximum Gasteiger partial charge on any atom is 0.222 e. The lowest BCUT2D eigenvalue weighted by molar-refractivity contribution is -0.133. The number of piperidine rings is 1. The summed E-state index contributed by atoms with van der Waals surface area (Å²) in [4.78, 5) is 26.5. The first-order valence-electron chi connectivity index (χ1n) is 6.97. The van der Waals surface area contributed by atoms with Crippen LogP contribution in [0.2, 0.25) is 0 Å². The minimum atomic E-state index is 0.140. The van der Waals surface area contributed by atoms with Gasteiger partial charge in [-0.25, -0.2) is 0 Å². The van der Waals surface area contributed by atoms with Crippen molar-refractivity contribution >= 4 is 12.2 Å². The Kier molecular flexibility index (Phi) is 5.13. The van der Waals surface area contributed by atoms with E-state index in [1.807, 2.05) is 4.90 Å². The van der Waals surface area contributed by atoms with Crippen molar-refractivity contribution in [3.05, 3.63) is 0 Å². The molecule has 0 aliphatic carbocycles. The van der Waals surface area contributed by atoms with E-state index in [0.717, 1.165) is 58.4 Å². The van der Waals surface area contributed by atoms with Crippen LogP contribution in [-0.4, -0.2) is 67.3 Å². The fraction of sp³-hybridized carbons (Fsp3) is 0.846. The Morgan fingerprint density at radius 1 is 1.17 bits per heavy atom. The Bertz CT molecular complexity index is 282. The van der Waals surface area contributed by atoms with Crippen molar-refractivity contribution in [1.29, 1.82) is 0 Å². The number of nitrogens with one attached hydrogen (secondary N) is 1. The van der Waals surface area contributed by atoms with Crippen molar-refractivity contribution < 1.29 is 9.59 Å². The van der Waals surface area contributed by atoms with Crippen LogP contribution in [-0.2, 0) is 9.59 Å². The van der Waals surface area contributed by atoms with Gasteiger partial charge in [0.2, 0.25) is 5.91 Å². The molecule has 0 saturated carbocycles. The molecule has 0 atom stereocenters. The molecular weight excluding hydrogens is 230 g/mol. The van der Waals surface area contributed by atoms with Gasteiger partial charge in [0, 0.05) is 58.2 Å². The second-order valence-electron chi connectivity index (χ2n) is 5.10. The fourth-order valence-corrected chi connectivity index (χ4v) is 2.87. The summed E-state index contributed by atoms with van der Waals surface area (Å²) in [5.41, 5.74) is 0. The van der Waals surface area contributed by atoms with Crippen LogP contribution in [0.3, 0.4) is 0 Å². The third-order valence-electron chi connectivity index (χ3n) is 3.96. The zero-order chi connectivity index (χ0) is 12.8. The van der Waals surface area contributed by atoms with Gasteiger partial charge in [0.05, 0.1) is 0 Å². The third-order valence-corrected chi connectivity index (χ3v) is 3.96. The monoisotopic (exact) mass is 253 g/mol. The van der Waals surface area contributed by atoms with E-state index in [-0.39, 0.29) is 5.91 Å². The van der Waals surface area contributed by atoms with Crippen molar-refractivity contribution in [2.45, 2.75) is 31.7 Å². The van der Waals surface area contributed by atoms with Crippen LogP contribution in [0.15, 0.2) is 0 Å². The highest BCUT2D eigenvalue weighted by atomic mass is 16.2. The molecule has 102 valence electrons. The van der Waals surface area contributed by atoms with Gasteiger partial charge in [0.25, 0.3) is 0 Å². The van der Waals surface area contributed by atoms with E-state index in [1.54, 1.807) is 0 Å². The van der Waals surface area contributed by atoms with Crippen LogP contribution in [0.1, 0.15) is 25.7 Å². The van der Waals surface area contributed by atoms with Crippen molar-refractivity contribution in [3.8, 4) is 0 Å². The van der Waals surface area contributed by atoms with E-state index in [1.165, 1.54) is 0 Å². The molecule has 0 radical (unpaired) electrons. The van der Waals surface area contributed by atoms with Gasteiger partial charge in [-0.3, -0.25) is 9.69 Å². The second kappa shape index (κ2) is 6.85. The molecule has 2 aliphatic rings. The van der Waals surface area contributed by atoms with Gasteiger partial charge in [-0.2, -0.15) is 0 Å². The number of rotatable bonds is 4. The van der Waals surface area contributed by atoms with Crippen molar-refractivity contribution in [1.82, 2.24) is 15.1 Å². The van der Waals surface area contributed by atoms with E-state index in [2.05, 4.69) is 10.2 Å². The summed E-state index contributed by atoms with van der Waals surface area (Å²) in [6.07, 6.45) is 3.71. The molecule has 0 aromatic heterocycles. The van der Waals surface area contributed by atoms with Crippen LogP contribution in [0.4, 0.5) is 0 Å². The number of carbonyl (C=O) groups is 2. The zero-order valence-corrected chi connectivity index (χ0v) is 10.9. The summed E-state index contributed by atoms with van der Waals surface area (Å²) in [6, 6.07) is 0.641. The fourth-order valence-electron chi connectivity index (χ4n) is 2.87. The van der Waals surface area contributed by atoms with Gasteiger partial charge >= 0.3 is 0 Å². The molecule has 1 N–H and O–H groups in total. The Hall–Kier alpha value is -0.940. The molecule has 2 fully saturated rings. The molecule has 0 spiro atoms. The molecule has 18 heavy (non-hydrogen) atoms. The van der Waals surface area contributed by atoms with E-state index in [0.29, 0.717) is 18.9 Å². The first-order valence-corrected chi connectivity index (χ1v) is 6.97. The molecule has 1 amide bonds. The molecule has 2 rings (SSSR count). The van der Waals surface area contributed by atoms with Crippen LogP contribution < -0.4 is 5.32 Å². The lowest BCUT2D eigenvalue weighted by Crippen LogP contribution is -2.52. The first kappa shape index (κ1) is 13.5. The van der Waals surface area contributed by atoms with Gasteiger partial charge in [-0.1, -0.05) is 0 Å². The molecule has 5 heteroatoms. The summed E-state index contributed by atoms with van der Waals surface area (Å²) >= 11 is 0. The summed E-state index contributed by atoms with van der Waals surface area (Å²) in [6.45, 7) is 6.13. The molecule has 0 aromatic rings. The Labute approximate surface area is 108 Å². The highest BCUT2D eigenvalue weighted by molar-refractivity contribution is 5.78. The van der Waals surface area contributed by atoms with Crippen LogP contribution in [0, 0.1) is 0 Å². The summed E-state index contributed by atoms with van der Waals surface area (Å²) in [5, 5.41) is 3.36. The minimum Gasteiger partial charge on any atom is -0.343 e. The highest BCUT2D eigenvalue weighted by Crippen LogP contribution is 2.17. The van der Waals surface area contributed by atoms with Gasteiger partial charge in [0.1, 0.15) is 6.29 Å². The van der Waals surface area contributed by atoms with Crippen molar-refractivity contribution in [2.24, 2.45) is 0 Å². The SMILES string of the molecule is O=CCCC(=O)N1CCC(N2CCNCC2)CC1. The van der Waals surface area contributed by atoms with E-state index >= 15 is 0 Å². The number of nitrogens with zero attached hydrogens (tertiary/aromatic N) is 2. The molecule has 5 nitrogen and oxygen atoms in total. The molecule has 2 aliphatic heterocycles. The highest BCUT2D eigenvalue weighted by Gasteiger charge is 2.27. The smallest absolute Gasteiger partial charge is 0.222 e. The Morgan fingerprint density at radius 3 is 2.44 bits per heavy atom. The number of piperazine rings is 1. The summed E-state index contributed by atoms with van der Waals surface area (Å²) < 4.78 is 0. The topological polar surface area (TPSA) is 52.7 Å². The molecule has 2 heterocycles. The lowest BCUT2D eigenvalue weighted by atomic mass is 10.0. The van der Waals surface area contributed by atoms with Crippen LogP contribution >= 0.6 is 0 Å². The normalized spacial score (nSPS) is 23.0. The van der Waals surface area contributed by atoms with Crippen LogP contribution in [0.5, 0.6) is 0 Å². The van der Waals surface area contributed by atoms with Gasteiger partial charge in [0.15, 0.2) is 0 Å². The number of likely N-dealkylation sites (tertiary alicyclic amines) is 1. The van der Waals surface area contributed by atoms with Gasteiger partial charge in [-0.05, 0) is 12.8 Å². The standard InChI is InChI=1S/C13H23N3O2/c17-11-1-2-13(18)16-7-3-12(4-8-16)15-9-5-14-6-10-15/h11-12,14H,1-10H2. The maximum absolute atomic E-state index is 11.8. The summed E-state index contributed by atoms with van der Waals surface area (Å²) in [7, 11) is 0. The third kappa shape index (κ3) is 3.53. The summed E-state index contributed by atoms with van der Waals surface area (Å²) in [5.74, 6) is 0.140. The van der Waals surface area contributed by atoms with E-state index in [9.17, 15) is 9.59 Å². The number of aldehydes is 1. The number of hydrogen-bond acceptors (Lipinski definition) is 4. The predicted octanol–water partition coefficient (Wildman–Crippen LogP) is -0.138. The number of hydrogen-bond donors (Lipinski definition) is 1. The number of carbonyl (C=O) groups excluding carboxylic acids is 2. The number of amides is 1. The molecule has 2 saturated heterocycles. The largest absolute Gasteiger partial charge is 0.343 e. The Balaban J connectivity index is 1.73. The van der Waals surface area contributed by atoms with Gasteiger partial charge in [-0.15, -0.1) is 0 Å². The van der Waals surface area contributed by atoms with E-state index in [4.69, 9.17) is 0 Å². The quantitative estimate of drug-likeness (QED) is 0.709. The van der Waals surface area contributed by atoms with E-state index < -0.39 is 0 Å². The zero-order valence-electron chi connectivity index (χ0n) is 10.9. The molecular formula is C13H23N3O2. The van der Waals surface area contributed by atoms with Gasteiger partial charge < -0.3 is 15.0 Å². The Morgan fingerprint density at radius 2 is 1.83 bits per heavy atom.